The van der Waals surface area contributed by atoms with Crippen LogP contribution in [-0.4, -0.2) is 23.8 Å². The van der Waals surface area contributed by atoms with Gasteiger partial charge in [-0.2, -0.15) is 0 Å². The van der Waals surface area contributed by atoms with Gasteiger partial charge in [-0.3, -0.25) is 0 Å². The van der Waals surface area contributed by atoms with Gasteiger partial charge in [-0.15, -0.1) is 0 Å². The van der Waals surface area contributed by atoms with Crippen molar-refractivity contribution in [2.24, 2.45) is 7.05 Å². The Morgan fingerprint density at radius 3 is 2.61 bits per heavy atom. The van der Waals surface area contributed by atoms with Gasteiger partial charge >= 0.3 is 5.97 Å². The third kappa shape index (κ3) is 1.94. The summed E-state index contributed by atoms with van der Waals surface area (Å²) in [6.07, 6.45) is 0. The smallest absolute Gasteiger partial charge is 0.358 e. The first-order valence-corrected chi connectivity index (χ1v) is 6.08. The molecule has 1 aromatic carbocycles. The van der Waals surface area contributed by atoms with Gasteiger partial charge in [0.25, 0.3) is 0 Å². The summed E-state index contributed by atoms with van der Waals surface area (Å²) in [6.45, 7) is 4.56. The first-order chi connectivity index (χ1) is 8.70. The van der Waals surface area contributed by atoms with E-state index in [9.17, 15) is 4.79 Å². The molecule has 2 aromatic rings. The highest BCUT2D eigenvalue weighted by Crippen LogP contribution is 2.32. The van der Waals surface area contributed by atoms with E-state index < -0.39 is 0 Å². The molecule has 0 radical (unpaired) electrons. The number of aromatic nitrogens is 1. The van der Waals surface area contributed by atoms with E-state index in [0.29, 0.717) is 24.7 Å². The first-order valence-electron chi connectivity index (χ1n) is 6.08. The Morgan fingerprint density at radius 2 is 1.94 bits per heavy atom. The summed E-state index contributed by atoms with van der Waals surface area (Å²) in [5.41, 5.74) is 1.43. The average Bonchev–Trinajstić information content (AvgIpc) is 2.65. The van der Waals surface area contributed by atoms with Gasteiger partial charge in [0, 0.05) is 12.4 Å². The predicted molar refractivity (Wildman–Crippen MR) is 70.0 cm³/mol. The molecule has 0 bridgehead atoms. The van der Waals surface area contributed by atoms with Crippen LogP contribution < -0.4 is 4.74 Å². The normalized spacial score (nSPS) is 10.6. The SMILES string of the molecule is CCOC(=O)c1c(OCC)c2ccccc2n1C. The molecule has 4 nitrogen and oxygen atoms in total. The molecule has 0 aliphatic rings. The first kappa shape index (κ1) is 12.5. The fourth-order valence-corrected chi connectivity index (χ4v) is 2.08. The van der Waals surface area contributed by atoms with E-state index in [1.165, 1.54) is 0 Å². The molecule has 2 rings (SSSR count). The van der Waals surface area contributed by atoms with Crippen molar-refractivity contribution in [1.82, 2.24) is 4.57 Å². The largest absolute Gasteiger partial charge is 0.491 e. The van der Waals surface area contributed by atoms with Crippen LogP contribution in [-0.2, 0) is 11.8 Å². The van der Waals surface area contributed by atoms with E-state index in [-0.39, 0.29) is 5.97 Å². The van der Waals surface area contributed by atoms with Gasteiger partial charge < -0.3 is 14.0 Å². The van der Waals surface area contributed by atoms with Gasteiger partial charge in [0.2, 0.25) is 0 Å². The Bertz CT molecular complexity index is 572. The summed E-state index contributed by atoms with van der Waals surface area (Å²) in [7, 11) is 1.84. The minimum atomic E-state index is -0.348. The van der Waals surface area contributed by atoms with Crippen LogP contribution in [0.2, 0.25) is 0 Å². The van der Waals surface area contributed by atoms with Crippen molar-refractivity contribution in [3.8, 4) is 5.75 Å². The molecular formula is C14H17NO3. The lowest BCUT2D eigenvalue weighted by Gasteiger charge is -2.07. The number of carbonyl (C=O) groups is 1. The van der Waals surface area contributed by atoms with Crippen LogP contribution in [0, 0.1) is 0 Å². The summed E-state index contributed by atoms with van der Waals surface area (Å²) < 4.78 is 12.5. The van der Waals surface area contributed by atoms with Crippen molar-refractivity contribution >= 4 is 16.9 Å². The van der Waals surface area contributed by atoms with Gasteiger partial charge in [-0.25, -0.2) is 4.79 Å². The van der Waals surface area contributed by atoms with E-state index in [1.54, 1.807) is 6.92 Å². The number of hydrogen-bond acceptors (Lipinski definition) is 3. The summed E-state index contributed by atoms with van der Waals surface area (Å²) in [5, 5.41) is 0.935. The molecular weight excluding hydrogens is 230 g/mol. The Labute approximate surface area is 106 Å². The Hall–Kier alpha value is -1.97. The van der Waals surface area contributed by atoms with E-state index in [1.807, 2.05) is 42.8 Å². The number of aryl methyl sites for hydroxylation is 1. The lowest BCUT2D eigenvalue weighted by atomic mass is 10.2. The number of benzene rings is 1. The Balaban J connectivity index is 2.65. The fraction of sp³-hybridized carbons (Fsp3) is 0.357. The lowest BCUT2D eigenvalue weighted by Crippen LogP contribution is -2.11. The van der Waals surface area contributed by atoms with E-state index >= 15 is 0 Å². The van der Waals surface area contributed by atoms with Crippen LogP contribution in [0.4, 0.5) is 0 Å². The van der Waals surface area contributed by atoms with Crippen molar-refractivity contribution in [3.05, 3.63) is 30.0 Å². The number of nitrogens with zero attached hydrogens (tertiary/aromatic N) is 1. The predicted octanol–water partition coefficient (Wildman–Crippen LogP) is 2.75. The number of ether oxygens (including phenoxy) is 2. The quantitative estimate of drug-likeness (QED) is 0.780. The fourth-order valence-electron chi connectivity index (χ4n) is 2.08. The molecule has 0 saturated carbocycles. The zero-order chi connectivity index (χ0) is 13.1. The van der Waals surface area contributed by atoms with Crippen LogP contribution in [0.5, 0.6) is 5.75 Å². The average molecular weight is 247 g/mol. The van der Waals surface area contributed by atoms with Crippen LogP contribution in [0.3, 0.4) is 0 Å². The zero-order valence-electron chi connectivity index (χ0n) is 10.9. The van der Waals surface area contributed by atoms with Crippen LogP contribution in [0.25, 0.3) is 10.9 Å². The molecule has 0 spiro atoms. The van der Waals surface area contributed by atoms with Gasteiger partial charge in [0.05, 0.1) is 18.7 Å². The number of fused-ring (bicyclic) bond motifs is 1. The summed E-state index contributed by atoms with van der Waals surface area (Å²) in [5.74, 6) is 0.258. The van der Waals surface area contributed by atoms with Crippen molar-refractivity contribution < 1.29 is 14.3 Å². The van der Waals surface area contributed by atoms with Gasteiger partial charge in [0.15, 0.2) is 11.4 Å². The molecule has 1 aromatic heterocycles. The molecule has 4 heteroatoms. The van der Waals surface area contributed by atoms with Crippen molar-refractivity contribution in [1.29, 1.82) is 0 Å². The highest BCUT2D eigenvalue weighted by atomic mass is 16.5. The zero-order valence-corrected chi connectivity index (χ0v) is 10.9. The summed E-state index contributed by atoms with van der Waals surface area (Å²) >= 11 is 0. The number of hydrogen-bond donors (Lipinski definition) is 0. The molecule has 1 heterocycles. The van der Waals surface area contributed by atoms with Crippen LogP contribution in [0.1, 0.15) is 24.3 Å². The van der Waals surface area contributed by atoms with E-state index in [2.05, 4.69) is 0 Å². The van der Waals surface area contributed by atoms with E-state index in [0.717, 1.165) is 10.9 Å². The minimum absolute atomic E-state index is 0.348. The second-order valence-corrected chi connectivity index (χ2v) is 3.91. The number of carbonyl (C=O) groups excluding carboxylic acids is 1. The monoisotopic (exact) mass is 247 g/mol. The van der Waals surface area contributed by atoms with Crippen molar-refractivity contribution in [2.45, 2.75) is 13.8 Å². The van der Waals surface area contributed by atoms with Crippen LogP contribution >= 0.6 is 0 Å². The highest BCUT2D eigenvalue weighted by molar-refractivity contribution is 6.01. The molecule has 0 aliphatic heterocycles. The highest BCUT2D eigenvalue weighted by Gasteiger charge is 2.22. The lowest BCUT2D eigenvalue weighted by molar-refractivity contribution is 0.0511. The van der Waals surface area contributed by atoms with E-state index in [4.69, 9.17) is 9.47 Å². The van der Waals surface area contributed by atoms with Crippen molar-refractivity contribution in [3.63, 3.8) is 0 Å². The molecule has 0 N–H and O–H groups in total. The number of para-hydroxylation sites is 1. The molecule has 0 atom stereocenters. The summed E-state index contributed by atoms with van der Waals surface area (Å²) in [4.78, 5) is 12.0. The van der Waals surface area contributed by atoms with Crippen LogP contribution in [0.15, 0.2) is 24.3 Å². The molecule has 96 valence electrons. The van der Waals surface area contributed by atoms with Crippen molar-refractivity contribution in [2.75, 3.05) is 13.2 Å². The molecule has 0 fully saturated rings. The van der Waals surface area contributed by atoms with Gasteiger partial charge in [-0.1, -0.05) is 12.1 Å². The maximum Gasteiger partial charge on any atom is 0.358 e. The van der Waals surface area contributed by atoms with Gasteiger partial charge in [-0.05, 0) is 26.0 Å². The number of esters is 1. The second-order valence-electron chi connectivity index (χ2n) is 3.91. The third-order valence-corrected chi connectivity index (χ3v) is 2.82. The Morgan fingerprint density at radius 1 is 1.22 bits per heavy atom. The Kier molecular flexibility index (Phi) is 3.55. The summed E-state index contributed by atoms with van der Waals surface area (Å²) in [6, 6.07) is 7.77. The maximum atomic E-state index is 12.0. The molecule has 0 unspecified atom stereocenters. The molecule has 0 aliphatic carbocycles. The molecule has 18 heavy (non-hydrogen) atoms. The molecule has 0 saturated heterocycles. The second kappa shape index (κ2) is 5.12. The third-order valence-electron chi connectivity index (χ3n) is 2.82. The number of rotatable bonds is 4. The topological polar surface area (TPSA) is 40.5 Å². The molecule has 0 amide bonds. The maximum absolute atomic E-state index is 12.0. The van der Waals surface area contributed by atoms with Gasteiger partial charge in [0.1, 0.15) is 0 Å². The standard InChI is InChI=1S/C14H17NO3/c1-4-17-13-10-8-6-7-9-11(10)15(3)12(13)14(16)18-5-2/h6-9H,4-5H2,1-3H3. The minimum Gasteiger partial charge on any atom is -0.491 e.